The molecule has 1 saturated heterocycles. The molecule has 126 valence electrons. The summed E-state index contributed by atoms with van der Waals surface area (Å²) in [6.07, 6.45) is 0.455. The van der Waals surface area contributed by atoms with Crippen LogP contribution in [0.25, 0.3) is 11.3 Å². The summed E-state index contributed by atoms with van der Waals surface area (Å²) in [5.74, 6) is -1.57. The molecule has 0 unspecified atom stereocenters. The van der Waals surface area contributed by atoms with E-state index in [1.807, 2.05) is 30.3 Å². The van der Waals surface area contributed by atoms with Gasteiger partial charge in [0.25, 0.3) is 5.91 Å². The number of aromatic amines is 1. The predicted octanol–water partition coefficient (Wildman–Crippen LogP) is 2.20. The summed E-state index contributed by atoms with van der Waals surface area (Å²) in [5.41, 5.74) is 0.323. The van der Waals surface area contributed by atoms with Gasteiger partial charge in [0, 0.05) is 31.6 Å². The summed E-state index contributed by atoms with van der Waals surface area (Å²) < 4.78 is 5.70. The standard InChI is InChI=1S/C16H16BrN3O4/c17-11-12(10-4-2-1-3-5-10)19-20-13(11)14(21)18-16(15(22)23)6-8-24-9-7-16/h1-5H,6-9H2,(H,18,21)(H,19,20)(H,22,23). The van der Waals surface area contributed by atoms with Crippen molar-refractivity contribution in [3.63, 3.8) is 0 Å². The van der Waals surface area contributed by atoms with E-state index in [0.717, 1.165) is 5.56 Å². The fourth-order valence-electron chi connectivity index (χ4n) is 2.66. The number of amides is 1. The van der Waals surface area contributed by atoms with E-state index in [1.54, 1.807) is 0 Å². The molecule has 0 radical (unpaired) electrons. The Bertz CT molecular complexity index is 754. The summed E-state index contributed by atoms with van der Waals surface area (Å²) in [6.45, 7) is 0.595. The van der Waals surface area contributed by atoms with Crippen LogP contribution in [0, 0.1) is 0 Å². The van der Waals surface area contributed by atoms with Gasteiger partial charge in [0.1, 0.15) is 16.9 Å². The van der Waals surface area contributed by atoms with Crippen LogP contribution in [0.3, 0.4) is 0 Å². The number of nitrogens with zero attached hydrogens (tertiary/aromatic N) is 1. The number of nitrogens with one attached hydrogen (secondary N) is 2. The van der Waals surface area contributed by atoms with Crippen LogP contribution in [0.1, 0.15) is 23.3 Å². The number of benzene rings is 1. The summed E-state index contributed by atoms with van der Waals surface area (Å²) in [7, 11) is 0. The second-order valence-corrected chi connectivity index (χ2v) is 6.37. The van der Waals surface area contributed by atoms with E-state index in [2.05, 4.69) is 31.4 Å². The fraction of sp³-hybridized carbons (Fsp3) is 0.312. The minimum atomic E-state index is -1.31. The zero-order valence-electron chi connectivity index (χ0n) is 12.7. The van der Waals surface area contributed by atoms with Crippen molar-refractivity contribution < 1.29 is 19.4 Å². The summed E-state index contributed by atoms with van der Waals surface area (Å²) in [5, 5.41) is 19.0. The smallest absolute Gasteiger partial charge is 0.329 e. The van der Waals surface area contributed by atoms with Gasteiger partial charge in [-0.1, -0.05) is 30.3 Å². The van der Waals surface area contributed by atoms with Crippen molar-refractivity contribution in [3.8, 4) is 11.3 Å². The minimum Gasteiger partial charge on any atom is -0.480 e. The Hall–Kier alpha value is -2.19. The first-order chi connectivity index (χ1) is 11.5. The van der Waals surface area contributed by atoms with E-state index in [1.165, 1.54) is 0 Å². The molecule has 0 bridgehead atoms. The zero-order valence-corrected chi connectivity index (χ0v) is 14.3. The number of aliphatic carboxylic acids is 1. The molecule has 0 spiro atoms. The van der Waals surface area contributed by atoms with Crippen molar-refractivity contribution in [2.75, 3.05) is 13.2 Å². The minimum absolute atomic E-state index is 0.195. The van der Waals surface area contributed by atoms with Crippen molar-refractivity contribution in [3.05, 3.63) is 40.5 Å². The lowest BCUT2D eigenvalue weighted by Crippen LogP contribution is -2.57. The van der Waals surface area contributed by atoms with Gasteiger partial charge < -0.3 is 15.2 Å². The van der Waals surface area contributed by atoms with Crippen molar-refractivity contribution >= 4 is 27.8 Å². The van der Waals surface area contributed by atoms with Crippen LogP contribution in [0.4, 0.5) is 0 Å². The van der Waals surface area contributed by atoms with Crippen molar-refractivity contribution in [2.45, 2.75) is 18.4 Å². The van der Waals surface area contributed by atoms with Gasteiger partial charge in [-0.2, -0.15) is 5.10 Å². The van der Waals surface area contributed by atoms with Crippen molar-refractivity contribution in [1.29, 1.82) is 0 Å². The molecule has 8 heteroatoms. The Labute approximate surface area is 146 Å². The lowest BCUT2D eigenvalue weighted by Gasteiger charge is -2.33. The quantitative estimate of drug-likeness (QED) is 0.738. The number of rotatable bonds is 4. The largest absolute Gasteiger partial charge is 0.480 e. The van der Waals surface area contributed by atoms with E-state index in [0.29, 0.717) is 23.4 Å². The molecule has 0 atom stereocenters. The first kappa shape index (κ1) is 16.7. The third-order valence-electron chi connectivity index (χ3n) is 4.09. The molecule has 24 heavy (non-hydrogen) atoms. The van der Waals surface area contributed by atoms with E-state index in [-0.39, 0.29) is 18.5 Å². The molecule has 7 nitrogen and oxygen atoms in total. The molecule has 1 amide bonds. The normalized spacial score (nSPS) is 16.5. The van der Waals surface area contributed by atoms with Gasteiger partial charge in [-0.3, -0.25) is 9.89 Å². The number of hydrogen-bond acceptors (Lipinski definition) is 4. The van der Waals surface area contributed by atoms with Crippen LogP contribution in [0.5, 0.6) is 0 Å². The second kappa shape index (κ2) is 6.74. The van der Waals surface area contributed by atoms with Gasteiger partial charge in [0.2, 0.25) is 0 Å². The van der Waals surface area contributed by atoms with Gasteiger partial charge in [-0.05, 0) is 15.9 Å². The van der Waals surface area contributed by atoms with Gasteiger partial charge in [0.05, 0.1) is 4.47 Å². The summed E-state index contributed by atoms with van der Waals surface area (Å²) in [6, 6.07) is 9.38. The van der Waals surface area contributed by atoms with E-state index >= 15 is 0 Å². The Kier molecular flexibility index (Phi) is 4.68. The van der Waals surface area contributed by atoms with Crippen LogP contribution >= 0.6 is 15.9 Å². The van der Waals surface area contributed by atoms with Crippen molar-refractivity contribution in [1.82, 2.24) is 15.5 Å². The highest BCUT2D eigenvalue weighted by molar-refractivity contribution is 9.10. The van der Waals surface area contributed by atoms with Crippen molar-refractivity contribution in [2.24, 2.45) is 0 Å². The molecule has 0 saturated carbocycles. The van der Waals surface area contributed by atoms with Crippen LogP contribution in [0.15, 0.2) is 34.8 Å². The highest BCUT2D eigenvalue weighted by atomic mass is 79.9. The van der Waals surface area contributed by atoms with Gasteiger partial charge in [-0.25, -0.2) is 4.79 Å². The molecule has 1 aromatic carbocycles. The molecule has 0 aliphatic carbocycles. The van der Waals surface area contributed by atoms with Gasteiger partial charge >= 0.3 is 5.97 Å². The molecule has 1 aliphatic heterocycles. The molecule has 1 aromatic heterocycles. The number of halogens is 1. The Balaban J connectivity index is 1.85. The first-order valence-electron chi connectivity index (χ1n) is 7.46. The third-order valence-corrected chi connectivity index (χ3v) is 4.86. The number of H-pyrrole nitrogens is 1. The lowest BCUT2D eigenvalue weighted by molar-refractivity contribution is -0.148. The predicted molar refractivity (Wildman–Crippen MR) is 89.6 cm³/mol. The molecule has 1 fully saturated rings. The monoisotopic (exact) mass is 393 g/mol. The first-order valence-corrected chi connectivity index (χ1v) is 8.26. The molecule has 1 aliphatic rings. The van der Waals surface area contributed by atoms with E-state index < -0.39 is 17.4 Å². The number of hydrogen-bond donors (Lipinski definition) is 3. The maximum Gasteiger partial charge on any atom is 0.329 e. The number of carbonyl (C=O) groups is 2. The number of carboxylic acids is 1. The molecule has 2 heterocycles. The van der Waals surface area contributed by atoms with E-state index in [9.17, 15) is 14.7 Å². The molecule has 3 N–H and O–H groups in total. The molecule has 3 rings (SSSR count). The van der Waals surface area contributed by atoms with Crippen LogP contribution in [-0.4, -0.2) is 45.9 Å². The number of carbonyl (C=O) groups excluding carboxylic acids is 1. The zero-order chi connectivity index (χ0) is 17.2. The fourth-order valence-corrected chi connectivity index (χ4v) is 3.24. The van der Waals surface area contributed by atoms with Gasteiger partial charge in [0.15, 0.2) is 0 Å². The van der Waals surface area contributed by atoms with E-state index in [4.69, 9.17) is 4.74 Å². The second-order valence-electron chi connectivity index (χ2n) is 5.58. The SMILES string of the molecule is O=C(NC1(C(=O)O)CCOCC1)c1[nH]nc(-c2ccccc2)c1Br. The molecular formula is C16H16BrN3O4. The number of carboxylic acid groups (broad SMARTS) is 1. The lowest BCUT2D eigenvalue weighted by atomic mass is 9.90. The van der Waals surface area contributed by atoms with Crippen LogP contribution in [0.2, 0.25) is 0 Å². The highest BCUT2D eigenvalue weighted by Gasteiger charge is 2.42. The average molecular weight is 394 g/mol. The Morgan fingerprint density at radius 3 is 2.54 bits per heavy atom. The number of aromatic nitrogens is 2. The molecular weight excluding hydrogens is 378 g/mol. The topological polar surface area (TPSA) is 104 Å². The number of ether oxygens (including phenoxy) is 1. The maximum atomic E-state index is 12.6. The van der Waals surface area contributed by atoms with Crippen LogP contribution in [-0.2, 0) is 9.53 Å². The summed E-state index contributed by atoms with van der Waals surface area (Å²) in [4.78, 5) is 24.2. The van der Waals surface area contributed by atoms with Crippen LogP contribution < -0.4 is 5.32 Å². The molecule has 2 aromatic rings. The highest BCUT2D eigenvalue weighted by Crippen LogP contribution is 2.29. The van der Waals surface area contributed by atoms with Gasteiger partial charge in [-0.15, -0.1) is 0 Å². The summed E-state index contributed by atoms with van der Waals surface area (Å²) >= 11 is 3.38. The third kappa shape index (κ3) is 3.07. The Morgan fingerprint density at radius 1 is 1.25 bits per heavy atom. The maximum absolute atomic E-state index is 12.6. The average Bonchev–Trinajstić information content (AvgIpc) is 2.98. The Morgan fingerprint density at radius 2 is 1.92 bits per heavy atom.